The second-order valence-electron chi connectivity index (χ2n) is 3.47. The third kappa shape index (κ3) is 2.05. The molecule has 1 saturated heterocycles. The van der Waals surface area contributed by atoms with E-state index in [1.165, 1.54) is 0 Å². The highest BCUT2D eigenvalue weighted by molar-refractivity contribution is 6.28. The Balaban J connectivity index is 2.46. The maximum absolute atomic E-state index is 13.5. The first-order valence-corrected chi connectivity index (χ1v) is 5.11. The fourth-order valence-electron chi connectivity index (χ4n) is 1.69. The van der Waals surface area contributed by atoms with Crippen LogP contribution < -0.4 is 4.90 Å². The first kappa shape index (κ1) is 11.7. The van der Waals surface area contributed by atoms with Gasteiger partial charge in [0, 0.05) is 6.42 Å². The third-order valence-electron chi connectivity index (χ3n) is 2.42. The summed E-state index contributed by atoms with van der Waals surface area (Å²) in [4.78, 5) is 30.2. The zero-order valence-electron chi connectivity index (χ0n) is 8.43. The highest BCUT2D eigenvalue weighted by Crippen LogP contribution is 2.27. The van der Waals surface area contributed by atoms with Crippen LogP contribution in [0.3, 0.4) is 0 Å². The highest BCUT2D eigenvalue weighted by Gasteiger charge is 2.39. The molecule has 1 N–H and O–H groups in total. The predicted molar refractivity (Wildman–Crippen MR) is 55.1 cm³/mol. The molecule has 1 atom stereocenters. The highest BCUT2D eigenvalue weighted by atomic mass is 35.5. The molecule has 0 aromatic carbocycles. The molecular weight excluding hydrogens is 253 g/mol. The van der Waals surface area contributed by atoms with Crippen molar-refractivity contribution in [2.45, 2.75) is 18.9 Å². The minimum Gasteiger partial charge on any atom is -0.480 e. The fraction of sp³-hybridized carbons (Fsp3) is 0.333. The zero-order chi connectivity index (χ0) is 12.6. The first-order valence-electron chi connectivity index (χ1n) is 4.73. The smallest absolute Gasteiger partial charge is 0.326 e. The van der Waals surface area contributed by atoms with Crippen LogP contribution in [0.1, 0.15) is 12.8 Å². The van der Waals surface area contributed by atoms with Gasteiger partial charge in [-0.2, -0.15) is 4.98 Å². The van der Waals surface area contributed by atoms with Crippen LogP contribution in [-0.4, -0.2) is 33.0 Å². The Morgan fingerprint density at radius 2 is 2.35 bits per heavy atom. The molecule has 1 amide bonds. The average molecular weight is 260 g/mol. The number of hydrogen-bond donors (Lipinski definition) is 1. The lowest BCUT2D eigenvalue weighted by atomic mass is 10.2. The van der Waals surface area contributed by atoms with E-state index in [2.05, 4.69) is 9.97 Å². The van der Waals surface area contributed by atoms with Gasteiger partial charge in [-0.25, -0.2) is 14.2 Å². The van der Waals surface area contributed by atoms with Gasteiger partial charge in [-0.05, 0) is 18.0 Å². The number of anilines is 1. The standard InChI is InChI=1S/C9H7ClFN3O3/c10-9-12-3-4(11)7(13-9)14-5(8(16)17)1-2-6(14)15/h3,5H,1-2H2,(H,16,17). The monoisotopic (exact) mass is 259 g/mol. The summed E-state index contributed by atoms with van der Waals surface area (Å²) in [7, 11) is 0. The van der Waals surface area contributed by atoms with Gasteiger partial charge in [-0.1, -0.05) is 0 Å². The molecule has 1 aromatic rings. The average Bonchev–Trinajstić information content (AvgIpc) is 2.64. The number of carbonyl (C=O) groups excluding carboxylic acids is 1. The van der Waals surface area contributed by atoms with Gasteiger partial charge >= 0.3 is 5.97 Å². The number of hydrogen-bond acceptors (Lipinski definition) is 4. The first-order chi connectivity index (χ1) is 8.00. The number of aromatic nitrogens is 2. The van der Waals surface area contributed by atoms with Crippen LogP contribution in [0.15, 0.2) is 6.20 Å². The maximum atomic E-state index is 13.5. The maximum Gasteiger partial charge on any atom is 0.326 e. The van der Waals surface area contributed by atoms with E-state index in [1.54, 1.807) is 0 Å². The molecule has 0 spiro atoms. The number of aliphatic carboxylic acids is 1. The third-order valence-corrected chi connectivity index (χ3v) is 2.60. The Bertz CT molecular complexity index is 496. The van der Waals surface area contributed by atoms with E-state index in [4.69, 9.17) is 16.7 Å². The second kappa shape index (κ2) is 4.25. The van der Waals surface area contributed by atoms with Crippen molar-refractivity contribution in [3.05, 3.63) is 17.3 Å². The van der Waals surface area contributed by atoms with Gasteiger partial charge in [0.2, 0.25) is 11.2 Å². The fourth-order valence-corrected chi connectivity index (χ4v) is 1.82. The van der Waals surface area contributed by atoms with Gasteiger partial charge in [-0.3, -0.25) is 9.69 Å². The quantitative estimate of drug-likeness (QED) is 0.796. The number of rotatable bonds is 2. The largest absolute Gasteiger partial charge is 0.480 e. The van der Waals surface area contributed by atoms with Gasteiger partial charge in [0.15, 0.2) is 11.6 Å². The van der Waals surface area contributed by atoms with E-state index in [-0.39, 0.29) is 23.9 Å². The molecule has 17 heavy (non-hydrogen) atoms. The molecular formula is C9H7ClFN3O3. The van der Waals surface area contributed by atoms with Crippen LogP contribution in [-0.2, 0) is 9.59 Å². The number of carbonyl (C=O) groups is 2. The van der Waals surface area contributed by atoms with Crippen LogP contribution in [0.25, 0.3) is 0 Å². The number of carboxylic acids is 1. The second-order valence-corrected chi connectivity index (χ2v) is 3.81. The molecule has 2 rings (SSSR count). The topological polar surface area (TPSA) is 83.4 Å². The summed E-state index contributed by atoms with van der Waals surface area (Å²) in [5, 5.41) is 8.69. The minimum atomic E-state index is -1.20. The zero-order valence-corrected chi connectivity index (χ0v) is 9.19. The van der Waals surface area contributed by atoms with Crippen LogP contribution in [0, 0.1) is 5.82 Å². The van der Waals surface area contributed by atoms with Gasteiger partial charge in [-0.15, -0.1) is 0 Å². The number of halogens is 2. The molecule has 0 saturated carbocycles. The molecule has 0 aliphatic carbocycles. The van der Waals surface area contributed by atoms with Crippen LogP contribution >= 0.6 is 11.6 Å². The molecule has 90 valence electrons. The molecule has 0 radical (unpaired) electrons. The lowest BCUT2D eigenvalue weighted by molar-refractivity contribution is -0.138. The number of nitrogens with zero attached hydrogens (tertiary/aromatic N) is 3. The normalized spacial score (nSPS) is 19.8. The minimum absolute atomic E-state index is 0.0397. The summed E-state index contributed by atoms with van der Waals surface area (Å²) in [6.07, 6.45) is 0.961. The van der Waals surface area contributed by atoms with Crippen molar-refractivity contribution < 1.29 is 19.1 Å². The van der Waals surface area contributed by atoms with Crippen LogP contribution in [0.2, 0.25) is 5.28 Å². The van der Waals surface area contributed by atoms with Gasteiger partial charge < -0.3 is 5.11 Å². The SMILES string of the molecule is O=C(O)C1CCC(=O)N1c1nc(Cl)ncc1F. The van der Waals surface area contributed by atoms with E-state index in [0.717, 1.165) is 11.1 Å². The van der Waals surface area contributed by atoms with Crippen molar-refractivity contribution >= 4 is 29.3 Å². The molecule has 1 unspecified atom stereocenters. The van der Waals surface area contributed by atoms with Crippen molar-refractivity contribution in [1.29, 1.82) is 0 Å². The molecule has 2 heterocycles. The molecule has 0 bridgehead atoms. The van der Waals surface area contributed by atoms with Gasteiger partial charge in [0.1, 0.15) is 6.04 Å². The lowest BCUT2D eigenvalue weighted by Gasteiger charge is -2.20. The van der Waals surface area contributed by atoms with E-state index in [9.17, 15) is 14.0 Å². The van der Waals surface area contributed by atoms with E-state index >= 15 is 0 Å². The molecule has 1 aliphatic rings. The van der Waals surface area contributed by atoms with Crippen molar-refractivity contribution in [1.82, 2.24) is 9.97 Å². The van der Waals surface area contributed by atoms with E-state index in [0.29, 0.717) is 0 Å². The van der Waals surface area contributed by atoms with Crippen molar-refractivity contribution in [3.63, 3.8) is 0 Å². The summed E-state index contributed by atoms with van der Waals surface area (Å²) >= 11 is 5.50. The van der Waals surface area contributed by atoms with Gasteiger partial charge in [0.05, 0.1) is 6.20 Å². The molecule has 1 aromatic heterocycles. The van der Waals surface area contributed by atoms with E-state index in [1.807, 2.05) is 0 Å². The molecule has 6 nitrogen and oxygen atoms in total. The van der Waals surface area contributed by atoms with Crippen LogP contribution in [0.5, 0.6) is 0 Å². The number of amides is 1. The summed E-state index contributed by atoms with van der Waals surface area (Å²) in [6.45, 7) is 0. The van der Waals surface area contributed by atoms with E-state index < -0.39 is 23.7 Å². The summed E-state index contributed by atoms with van der Waals surface area (Å²) in [5.74, 6) is -2.97. The van der Waals surface area contributed by atoms with Crippen molar-refractivity contribution in [2.24, 2.45) is 0 Å². The van der Waals surface area contributed by atoms with Crippen molar-refractivity contribution in [2.75, 3.05) is 4.90 Å². The molecule has 1 aliphatic heterocycles. The van der Waals surface area contributed by atoms with Crippen LogP contribution in [0.4, 0.5) is 10.2 Å². The summed E-state index contributed by atoms with van der Waals surface area (Å²) in [6, 6.07) is -1.11. The predicted octanol–water partition coefficient (Wildman–Crippen LogP) is 0.849. The Morgan fingerprint density at radius 3 is 3.00 bits per heavy atom. The Labute approximate surface area is 100 Å². The Hall–Kier alpha value is -1.76. The molecule has 1 fully saturated rings. The Morgan fingerprint density at radius 1 is 1.65 bits per heavy atom. The number of carboxylic acid groups (broad SMARTS) is 1. The van der Waals surface area contributed by atoms with Crippen molar-refractivity contribution in [3.8, 4) is 0 Å². The van der Waals surface area contributed by atoms with Gasteiger partial charge in [0.25, 0.3) is 0 Å². The lowest BCUT2D eigenvalue weighted by Crippen LogP contribution is -2.39. The molecule has 8 heteroatoms. The summed E-state index contributed by atoms with van der Waals surface area (Å²) < 4.78 is 13.5. The summed E-state index contributed by atoms with van der Waals surface area (Å²) in [5.41, 5.74) is 0. The Kier molecular flexibility index (Phi) is 2.93.